The predicted molar refractivity (Wildman–Crippen MR) is 80.2 cm³/mol. The summed E-state index contributed by atoms with van der Waals surface area (Å²) < 4.78 is 0.810. The smallest absolute Gasteiger partial charge is 0.259 e. The molecule has 0 fully saturated rings. The lowest BCUT2D eigenvalue weighted by atomic mass is 10.2. The molecule has 6 heteroatoms. The van der Waals surface area contributed by atoms with Crippen molar-refractivity contribution < 1.29 is 9.90 Å². The number of nitrogens with one attached hydrogen (secondary N) is 1. The first-order valence-electron chi connectivity index (χ1n) is 5.22. The third-order valence-corrected chi connectivity index (χ3v) is 3.42. The maximum absolute atomic E-state index is 12.0. The Morgan fingerprint density at radius 1 is 1.16 bits per heavy atom. The van der Waals surface area contributed by atoms with Crippen LogP contribution in [-0.2, 0) is 0 Å². The highest BCUT2D eigenvalue weighted by molar-refractivity contribution is 9.10. The first-order valence-corrected chi connectivity index (χ1v) is 6.77. The van der Waals surface area contributed by atoms with Gasteiger partial charge in [-0.25, -0.2) is 0 Å². The lowest BCUT2D eigenvalue weighted by molar-refractivity contribution is 0.102. The number of phenols is 1. The maximum Gasteiger partial charge on any atom is 0.259 e. The molecular formula is C13H8BrCl2NO2. The number of amides is 1. The highest BCUT2D eigenvalue weighted by Gasteiger charge is 2.13. The number of carbonyl (C=O) groups excluding carboxylic acids is 1. The van der Waals surface area contributed by atoms with Gasteiger partial charge >= 0.3 is 0 Å². The summed E-state index contributed by atoms with van der Waals surface area (Å²) in [4.78, 5) is 12.0. The van der Waals surface area contributed by atoms with Crippen LogP contribution in [0, 0.1) is 0 Å². The maximum atomic E-state index is 12.0. The second-order valence-corrected chi connectivity index (χ2v) is 5.50. The first kappa shape index (κ1) is 14.2. The van der Waals surface area contributed by atoms with Crippen LogP contribution in [0.3, 0.4) is 0 Å². The molecule has 98 valence electrons. The molecule has 0 saturated carbocycles. The van der Waals surface area contributed by atoms with Crippen LogP contribution in [0.1, 0.15) is 10.4 Å². The molecule has 0 radical (unpaired) electrons. The minimum absolute atomic E-state index is 0.128. The minimum atomic E-state index is -0.460. The lowest BCUT2D eigenvalue weighted by Gasteiger charge is -2.09. The second-order valence-electron chi connectivity index (χ2n) is 3.74. The zero-order chi connectivity index (χ0) is 14.0. The molecule has 0 atom stereocenters. The average Bonchev–Trinajstić information content (AvgIpc) is 2.32. The van der Waals surface area contributed by atoms with Crippen LogP contribution in [0.4, 0.5) is 5.69 Å². The standard InChI is InChI=1S/C13H8BrCl2NO2/c14-7-1-4-11(10(16)5-7)17-13(19)9-3-2-8(15)6-12(9)18/h1-6,18H,(H,17,19). The van der Waals surface area contributed by atoms with E-state index in [2.05, 4.69) is 21.2 Å². The largest absolute Gasteiger partial charge is 0.507 e. The predicted octanol–water partition coefficient (Wildman–Crippen LogP) is 4.71. The first-order chi connectivity index (χ1) is 8.97. The van der Waals surface area contributed by atoms with Gasteiger partial charge < -0.3 is 10.4 Å². The third-order valence-electron chi connectivity index (χ3n) is 2.38. The molecule has 2 N–H and O–H groups in total. The van der Waals surface area contributed by atoms with Crippen LogP contribution in [0.5, 0.6) is 5.75 Å². The van der Waals surface area contributed by atoms with E-state index in [1.165, 1.54) is 18.2 Å². The zero-order valence-electron chi connectivity index (χ0n) is 9.45. The SMILES string of the molecule is O=C(Nc1ccc(Br)cc1Cl)c1ccc(Cl)cc1O. The molecule has 19 heavy (non-hydrogen) atoms. The van der Waals surface area contributed by atoms with E-state index in [9.17, 15) is 9.90 Å². The third kappa shape index (κ3) is 3.41. The van der Waals surface area contributed by atoms with E-state index >= 15 is 0 Å². The fourth-order valence-electron chi connectivity index (χ4n) is 1.48. The van der Waals surface area contributed by atoms with Crippen molar-refractivity contribution in [3.05, 3.63) is 56.5 Å². The molecule has 0 saturated heterocycles. The molecule has 0 bridgehead atoms. The van der Waals surface area contributed by atoms with Crippen molar-refractivity contribution in [3.63, 3.8) is 0 Å². The van der Waals surface area contributed by atoms with E-state index in [4.69, 9.17) is 23.2 Å². The molecular weight excluding hydrogens is 353 g/mol. The summed E-state index contributed by atoms with van der Waals surface area (Å²) in [6.45, 7) is 0. The highest BCUT2D eigenvalue weighted by atomic mass is 79.9. The van der Waals surface area contributed by atoms with Gasteiger partial charge in [-0.3, -0.25) is 4.79 Å². The monoisotopic (exact) mass is 359 g/mol. The van der Waals surface area contributed by atoms with Crippen LogP contribution in [0.15, 0.2) is 40.9 Å². The summed E-state index contributed by atoms with van der Waals surface area (Å²) >= 11 is 15.0. The number of hydrogen-bond acceptors (Lipinski definition) is 2. The quantitative estimate of drug-likeness (QED) is 0.814. The average molecular weight is 361 g/mol. The molecule has 1 amide bonds. The molecule has 0 aliphatic carbocycles. The Bertz CT molecular complexity index is 647. The van der Waals surface area contributed by atoms with E-state index in [0.717, 1.165) is 4.47 Å². The number of hydrogen-bond donors (Lipinski definition) is 2. The number of anilines is 1. The Balaban J connectivity index is 2.25. The Kier molecular flexibility index (Phi) is 4.34. The molecule has 0 aromatic heterocycles. The molecule has 2 aromatic rings. The van der Waals surface area contributed by atoms with Crippen LogP contribution in [0.25, 0.3) is 0 Å². The number of rotatable bonds is 2. The van der Waals surface area contributed by atoms with Crippen LogP contribution in [0.2, 0.25) is 10.0 Å². The van der Waals surface area contributed by atoms with Crippen LogP contribution < -0.4 is 5.32 Å². The Morgan fingerprint density at radius 2 is 1.89 bits per heavy atom. The van der Waals surface area contributed by atoms with E-state index in [1.807, 2.05) is 0 Å². The van der Waals surface area contributed by atoms with Gasteiger partial charge in [0.05, 0.1) is 16.3 Å². The fourth-order valence-corrected chi connectivity index (χ4v) is 2.36. The van der Waals surface area contributed by atoms with Crippen molar-refractivity contribution >= 4 is 50.7 Å². The molecule has 0 aliphatic rings. The molecule has 0 spiro atoms. The Morgan fingerprint density at radius 3 is 2.53 bits per heavy atom. The Labute approximate surface area is 128 Å². The van der Waals surface area contributed by atoms with Gasteiger partial charge in [0.15, 0.2) is 0 Å². The summed E-state index contributed by atoms with van der Waals surface area (Å²) in [5.74, 6) is -0.642. The van der Waals surface area contributed by atoms with Gasteiger partial charge in [-0.15, -0.1) is 0 Å². The highest BCUT2D eigenvalue weighted by Crippen LogP contribution is 2.27. The number of carbonyl (C=O) groups is 1. The number of phenolic OH excluding ortho intramolecular Hbond substituents is 1. The topological polar surface area (TPSA) is 49.3 Å². The summed E-state index contributed by atoms with van der Waals surface area (Å²) in [7, 11) is 0. The van der Waals surface area contributed by atoms with Gasteiger partial charge in [-0.2, -0.15) is 0 Å². The van der Waals surface area contributed by atoms with Crippen molar-refractivity contribution in [2.75, 3.05) is 5.32 Å². The van der Waals surface area contributed by atoms with Gasteiger partial charge in [0.1, 0.15) is 5.75 Å². The van der Waals surface area contributed by atoms with Crippen LogP contribution >= 0.6 is 39.1 Å². The van der Waals surface area contributed by atoms with E-state index in [0.29, 0.717) is 15.7 Å². The normalized spacial score (nSPS) is 10.3. The van der Waals surface area contributed by atoms with E-state index < -0.39 is 5.91 Å². The molecule has 0 unspecified atom stereocenters. The number of benzene rings is 2. The molecule has 3 nitrogen and oxygen atoms in total. The summed E-state index contributed by atoms with van der Waals surface area (Å²) in [5, 5.41) is 13.0. The van der Waals surface area contributed by atoms with Crippen molar-refractivity contribution in [2.45, 2.75) is 0 Å². The summed E-state index contributed by atoms with van der Waals surface area (Å²) in [5.41, 5.74) is 0.590. The van der Waals surface area contributed by atoms with Crippen molar-refractivity contribution in [1.29, 1.82) is 0 Å². The molecule has 0 aliphatic heterocycles. The lowest BCUT2D eigenvalue weighted by Crippen LogP contribution is -2.12. The molecule has 2 rings (SSSR count). The summed E-state index contributed by atoms with van der Waals surface area (Å²) in [6.07, 6.45) is 0. The van der Waals surface area contributed by atoms with Gasteiger partial charge in [-0.05, 0) is 36.4 Å². The molecule has 2 aromatic carbocycles. The number of halogens is 3. The van der Waals surface area contributed by atoms with Gasteiger partial charge in [-0.1, -0.05) is 39.1 Å². The Hall–Kier alpha value is -1.23. The van der Waals surface area contributed by atoms with Gasteiger partial charge in [0, 0.05) is 9.50 Å². The second kappa shape index (κ2) is 5.82. The van der Waals surface area contributed by atoms with Gasteiger partial charge in [0.25, 0.3) is 5.91 Å². The number of aromatic hydroxyl groups is 1. The van der Waals surface area contributed by atoms with Crippen LogP contribution in [-0.4, -0.2) is 11.0 Å². The fraction of sp³-hybridized carbons (Fsp3) is 0. The zero-order valence-corrected chi connectivity index (χ0v) is 12.6. The molecule has 0 heterocycles. The van der Waals surface area contributed by atoms with Gasteiger partial charge in [0.2, 0.25) is 0 Å². The minimum Gasteiger partial charge on any atom is -0.507 e. The van der Waals surface area contributed by atoms with E-state index in [1.54, 1.807) is 18.2 Å². The van der Waals surface area contributed by atoms with Crippen molar-refractivity contribution in [3.8, 4) is 5.75 Å². The van der Waals surface area contributed by atoms with E-state index in [-0.39, 0.29) is 11.3 Å². The summed E-state index contributed by atoms with van der Waals surface area (Å²) in [6, 6.07) is 9.36. The van der Waals surface area contributed by atoms with Crippen molar-refractivity contribution in [2.24, 2.45) is 0 Å². The van der Waals surface area contributed by atoms with Crippen molar-refractivity contribution in [1.82, 2.24) is 0 Å².